The van der Waals surface area contributed by atoms with Crippen molar-refractivity contribution in [3.8, 4) is 11.5 Å². The van der Waals surface area contributed by atoms with E-state index in [2.05, 4.69) is 5.32 Å². The van der Waals surface area contributed by atoms with Crippen molar-refractivity contribution < 1.29 is 19.0 Å². The van der Waals surface area contributed by atoms with Crippen LogP contribution in [0, 0.1) is 0 Å². The summed E-state index contributed by atoms with van der Waals surface area (Å²) in [5, 5.41) is 2.96. The summed E-state index contributed by atoms with van der Waals surface area (Å²) < 4.78 is 16.0. The first-order valence-electron chi connectivity index (χ1n) is 5.94. The van der Waals surface area contributed by atoms with Crippen molar-refractivity contribution in [2.45, 2.75) is 26.4 Å². The summed E-state index contributed by atoms with van der Waals surface area (Å²) in [6, 6.07) is 3.24. The van der Waals surface area contributed by atoms with E-state index >= 15 is 0 Å². The van der Waals surface area contributed by atoms with Crippen LogP contribution in [0.2, 0.25) is 5.02 Å². The zero-order chi connectivity index (χ0) is 14.0. The zero-order valence-corrected chi connectivity index (χ0v) is 11.8. The van der Waals surface area contributed by atoms with E-state index in [1.54, 1.807) is 32.9 Å². The van der Waals surface area contributed by atoms with Crippen LogP contribution in [0.4, 0.5) is 10.5 Å². The molecular formula is C13H16ClNO4. The first kappa shape index (κ1) is 13.8. The lowest BCUT2D eigenvalue weighted by Gasteiger charge is -2.22. The van der Waals surface area contributed by atoms with Gasteiger partial charge in [0, 0.05) is 12.1 Å². The monoisotopic (exact) mass is 285 g/mol. The molecule has 1 aliphatic rings. The Kier molecular flexibility index (Phi) is 3.75. The molecule has 1 aliphatic heterocycles. The minimum Gasteiger partial charge on any atom is -0.486 e. The van der Waals surface area contributed by atoms with Crippen molar-refractivity contribution >= 4 is 23.4 Å². The molecule has 0 fully saturated rings. The molecule has 0 atom stereocenters. The van der Waals surface area contributed by atoms with Crippen LogP contribution in [0.25, 0.3) is 0 Å². The molecule has 1 N–H and O–H groups in total. The average molecular weight is 286 g/mol. The molecule has 0 radical (unpaired) electrons. The lowest BCUT2D eigenvalue weighted by molar-refractivity contribution is 0.0636. The second-order valence-electron chi connectivity index (χ2n) is 5.10. The summed E-state index contributed by atoms with van der Waals surface area (Å²) in [5.74, 6) is 1.13. The molecule has 0 saturated heterocycles. The third-order valence-corrected chi connectivity index (χ3v) is 2.58. The molecule has 0 unspecified atom stereocenters. The molecule has 6 heteroatoms. The van der Waals surface area contributed by atoms with E-state index in [1.165, 1.54) is 0 Å². The summed E-state index contributed by atoms with van der Waals surface area (Å²) in [4.78, 5) is 11.7. The quantitative estimate of drug-likeness (QED) is 0.858. The van der Waals surface area contributed by atoms with Crippen molar-refractivity contribution in [1.29, 1.82) is 0 Å². The fourth-order valence-corrected chi connectivity index (χ4v) is 1.77. The Labute approximate surface area is 116 Å². The van der Waals surface area contributed by atoms with E-state index in [1.807, 2.05) is 0 Å². The third-order valence-electron chi connectivity index (χ3n) is 2.27. The van der Waals surface area contributed by atoms with Gasteiger partial charge >= 0.3 is 6.09 Å². The standard InChI is InChI=1S/C13H16ClNO4/c1-13(2,3)19-12(16)15-9-7-11-10(6-8(9)14)17-4-5-18-11/h6-7H,4-5H2,1-3H3,(H,15,16). The smallest absolute Gasteiger partial charge is 0.412 e. The highest BCUT2D eigenvalue weighted by Crippen LogP contribution is 2.38. The molecule has 1 aromatic rings. The second kappa shape index (κ2) is 5.17. The van der Waals surface area contributed by atoms with E-state index < -0.39 is 11.7 Å². The fraction of sp³-hybridized carbons (Fsp3) is 0.462. The molecule has 0 aliphatic carbocycles. The number of halogens is 1. The third kappa shape index (κ3) is 3.67. The average Bonchev–Trinajstić information content (AvgIpc) is 2.27. The predicted octanol–water partition coefficient (Wildman–Crippen LogP) is 3.46. The van der Waals surface area contributed by atoms with Gasteiger partial charge in [0.05, 0.1) is 10.7 Å². The van der Waals surface area contributed by atoms with E-state index in [4.69, 9.17) is 25.8 Å². The van der Waals surface area contributed by atoms with Gasteiger partial charge in [-0.25, -0.2) is 4.79 Å². The number of hydrogen-bond acceptors (Lipinski definition) is 4. The highest BCUT2D eigenvalue weighted by Gasteiger charge is 2.19. The topological polar surface area (TPSA) is 56.8 Å². The minimum absolute atomic E-state index is 0.370. The van der Waals surface area contributed by atoms with Crippen LogP contribution in [0.3, 0.4) is 0 Å². The molecule has 1 heterocycles. The Bertz CT molecular complexity index is 496. The maximum Gasteiger partial charge on any atom is 0.412 e. The number of hydrogen-bond donors (Lipinski definition) is 1. The fourth-order valence-electron chi connectivity index (χ4n) is 1.57. The maximum absolute atomic E-state index is 11.7. The molecule has 5 nitrogen and oxygen atoms in total. The zero-order valence-electron chi connectivity index (χ0n) is 11.1. The van der Waals surface area contributed by atoms with Crippen LogP contribution in [-0.4, -0.2) is 24.9 Å². The first-order valence-corrected chi connectivity index (χ1v) is 6.32. The highest BCUT2D eigenvalue weighted by molar-refractivity contribution is 6.33. The number of carbonyl (C=O) groups is 1. The van der Waals surface area contributed by atoms with E-state index in [-0.39, 0.29) is 0 Å². The molecule has 0 spiro atoms. The SMILES string of the molecule is CC(C)(C)OC(=O)Nc1cc2c(cc1Cl)OCCO2. The number of fused-ring (bicyclic) bond motifs is 1. The molecule has 19 heavy (non-hydrogen) atoms. The maximum atomic E-state index is 11.7. The second-order valence-corrected chi connectivity index (χ2v) is 5.51. The number of ether oxygens (including phenoxy) is 3. The Hall–Kier alpha value is -1.62. The number of amides is 1. The van der Waals surface area contributed by atoms with Crippen LogP contribution >= 0.6 is 11.6 Å². The van der Waals surface area contributed by atoms with E-state index in [0.717, 1.165) is 0 Å². The largest absolute Gasteiger partial charge is 0.486 e. The van der Waals surface area contributed by atoms with Crippen molar-refractivity contribution in [2.75, 3.05) is 18.5 Å². The summed E-state index contributed by atoms with van der Waals surface area (Å²) >= 11 is 6.07. The number of carbonyl (C=O) groups excluding carboxylic acids is 1. The van der Waals surface area contributed by atoms with Gasteiger partial charge in [-0.2, -0.15) is 0 Å². The molecule has 0 saturated carbocycles. The van der Waals surface area contributed by atoms with Gasteiger partial charge in [-0.1, -0.05) is 11.6 Å². The Balaban J connectivity index is 2.14. The summed E-state index contributed by atoms with van der Waals surface area (Å²) in [7, 11) is 0. The summed E-state index contributed by atoms with van der Waals surface area (Å²) in [6.07, 6.45) is -0.564. The van der Waals surface area contributed by atoms with Crippen LogP contribution in [-0.2, 0) is 4.74 Å². The lowest BCUT2D eigenvalue weighted by Crippen LogP contribution is -2.27. The Morgan fingerprint density at radius 1 is 1.26 bits per heavy atom. The van der Waals surface area contributed by atoms with Crippen LogP contribution in [0.5, 0.6) is 11.5 Å². The van der Waals surface area contributed by atoms with Crippen molar-refractivity contribution in [3.05, 3.63) is 17.2 Å². The summed E-state index contributed by atoms with van der Waals surface area (Å²) in [6.45, 7) is 6.33. The predicted molar refractivity (Wildman–Crippen MR) is 72.3 cm³/mol. The number of benzene rings is 1. The van der Waals surface area contributed by atoms with Crippen molar-refractivity contribution in [2.24, 2.45) is 0 Å². The number of nitrogens with one attached hydrogen (secondary N) is 1. The van der Waals surface area contributed by atoms with Crippen LogP contribution < -0.4 is 14.8 Å². The Morgan fingerprint density at radius 2 is 1.84 bits per heavy atom. The number of rotatable bonds is 1. The Morgan fingerprint density at radius 3 is 2.42 bits per heavy atom. The van der Waals surface area contributed by atoms with Crippen molar-refractivity contribution in [3.63, 3.8) is 0 Å². The van der Waals surface area contributed by atoms with Gasteiger partial charge in [0.25, 0.3) is 0 Å². The van der Waals surface area contributed by atoms with Gasteiger partial charge in [0.2, 0.25) is 0 Å². The molecule has 0 aromatic heterocycles. The molecule has 1 aromatic carbocycles. The molecule has 1 amide bonds. The van der Waals surface area contributed by atoms with Gasteiger partial charge in [-0.05, 0) is 20.8 Å². The normalized spacial score (nSPS) is 13.9. The minimum atomic E-state index is -0.565. The van der Waals surface area contributed by atoms with E-state index in [9.17, 15) is 4.79 Å². The van der Waals surface area contributed by atoms with Crippen LogP contribution in [0.15, 0.2) is 12.1 Å². The molecule has 0 bridgehead atoms. The number of anilines is 1. The van der Waals surface area contributed by atoms with Gasteiger partial charge in [-0.15, -0.1) is 0 Å². The van der Waals surface area contributed by atoms with Gasteiger partial charge in [0.15, 0.2) is 11.5 Å². The molecule has 2 rings (SSSR count). The van der Waals surface area contributed by atoms with Gasteiger partial charge in [0.1, 0.15) is 18.8 Å². The molecular weight excluding hydrogens is 270 g/mol. The van der Waals surface area contributed by atoms with Crippen molar-refractivity contribution in [1.82, 2.24) is 0 Å². The van der Waals surface area contributed by atoms with E-state index in [0.29, 0.717) is 35.4 Å². The summed E-state index contributed by atoms with van der Waals surface area (Å²) in [5.41, 5.74) is -0.134. The van der Waals surface area contributed by atoms with Gasteiger partial charge in [-0.3, -0.25) is 5.32 Å². The highest BCUT2D eigenvalue weighted by atomic mass is 35.5. The lowest BCUT2D eigenvalue weighted by atomic mass is 10.2. The van der Waals surface area contributed by atoms with Gasteiger partial charge < -0.3 is 14.2 Å². The first-order chi connectivity index (χ1) is 8.85. The molecule has 104 valence electrons. The van der Waals surface area contributed by atoms with Crippen LogP contribution in [0.1, 0.15) is 20.8 Å².